The Bertz CT molecular complexity index is 314. The fourth-order valence-corrected chi connectivity index (χ4v) is 1.92. The van der Waals surface area contributed by atoms with E-state index in [2.05, 4.69) is 4.74 Å². The number of nitrogens with zero attached hydrogens (tertiary/aromatic N) is 1. The molecule has 16 heavy (non-hydrogen) atoms. The summed E-state index contributed by atoms with van der Waals surface area (Å²) in [5.41, 5.74) is 0. The number of methoxy groups -OCH3 is 1. The molecule has 0 unspecified atom stereocenters. The van der Waals surface area contributed by atoms with E-state index >= 15 is 0 Å². The van der Waals surface area contributed by atoms with E-state index in [0.717, 1.165) is 0 Å². The molecule has 0 radical (unpaired) electrons. The molecule has 1 saturated heterocycles. The molecule has 1 amide bonds. The summed E-state index contributed by atoms with van der Waals surface area (Å²) in [6, 6.07) is -0.605. The molecule has 1 aliphatic rings. The van der Waals surface area contributed by atoms with Crippen LogP contribution in [-0.4, -0.2) is 48.1 Å². The number of piperidine rings is 1. The van der Waals surface area contributed by atoms with Gasteiger partial charge in [-0.1, -0.05) is 0 Å². The number of hydrogen-bond acceptors (Lipinski definition) is 4. The van der Waals surface area contributed by atoms with Gasteiger partial charge >= 0.3 is 11.9 Å². The van der Waals surface area contributed by atoms with Crippen LogP contribution in [0.4, 0.5) is 0 Å². The Kier molecular flexibility index (Phi) is 3.87. The Hall–Kier alpha value is -1.59. The van der Waals surface area contributed by atoms with Crippen LogP contribution in [-0.2, 0) is 19.1 Å². The normalized spacial score (nSPS) is 25.4. The number of amides is 1. The van der Waals surface area contributed by atoms with Gasteiger partial charge in [-0.15, -0.1) is 0 Å². The summed E-state index contributed by atoms with van der Waals surface area (Å²) in [5.74, 6) is -2.31. The number of carbonyl (C=O) groups is 3. The number of rotatable bonds is 3. The van der Waals surface area contributed by atoms with Gasteiger partial charge in [0.2, 0.25) is 5.91 Å². The molecule has 0 aromatic rings. The van der Waals surface area contributed by atoms with Crippen molar-refractivity contribution in [2.75, 3.05) is 14.2 Å². The maximum absolute atomic E-state index is 11.4. The van der Waals surface area contributed by atoms with Gasteiger partial charge < -0.3 is 14.7 Å². The molecule has 1 aliphatic heterocycles. The highest BCUT2D eigenvalue weighted by Crippen LogP contribution is 2.26. The van der Waals surface area contributed by atoms with E-state index in [0.29, 0.717) is 0 Å². The summed E-state index contributed by atoms with van der Waals surface area (Å²) in [5, 5.41) is 9.01. The van der Waals surface area contributed by atoms with Crippen LogP contribution in [0.15, 0.2) is 0 Å². The minimum Gasteiger partial charge on any atom is -0.481 e. The van der Waals surface area contributed by atoms with Gasteiger partial charge in [-0.2, -0.15) is 0 Å². The molecule has 0 bridgehead atoms. The maximum atomic E-state index is 11.4. The highest BCUT2D eigenvalue weighted by Gasteiger charge is 2.39. The van der Waals surface area contributed by atoms with Crippen LogP contribution in [0.5, 0.6) is 0 Å². The second kappa shape index (κ2) is 4.96. The van der Waals surface area contributed by atoms with E-state index in [9.17, 15) is 14.4 Å². The molecule has 0 aromatic heterocycles. The lowest BCUT2D eigenvalue weighted by Crippen LogP contribution is -2.49. The summed E-state index contributed by atoms with van der Waals surface area (Å²) in [6.07, 6.45) is 0.418. The van der Waals surface area contributed by atoms with E-state index in [-0.39, 0.29) is 25.2 Å². The molecule has 6 nitrogen and oxygen atoms in total. The molecular weight excluding hydrogens is 214 g/mol. The molecule has 6 heteroatoms. The fourth-order valence-electron chi connectivity index (χ4n) is 1.92. The van der Waals surface area contributed by atoms with Crippen molar-refractivity contribution in [1.29, 1.82) is 0 Å². The van der Waals surface area contributed by atoms with Crippen molar-refractivity contribution in [2.45, 2.75) is 25.3 Å². The van der Waals surface area contributed by atoms with Crippen LogP contribution in [0.3, 0.4) is 0 Å². The van der Waals surface area contributed by atoms with Gasteiger partial charge in [-0.05, 0) is 6.42 Å². The van der Waals surface area contributed by atoms with Gasteiger partial charge in [-0.25, -0.2) is 0 Å². The minimum atomic E-state index is -0.978. The van der Waals surface area contributed by atoms with Crippen molar-refractivity contribution in [3.63, 3.8) is 0 Å². The van der Waals surface area contributed by atoms with E-state index in [1.165, 1.54) is 19.1 Å². The van der Waals surface area contributed by atoms with E-state index in [1.807, 2.05) is 0 Å². The van der Waals surface area contributed by atoms with Gasteiger partial charge in [0.05, 0.1) is 25.5 Å². The highest BCUT2D eigenvalue weighted by atomic mass is 16.5. The monoisotopic (exact) mass is 229 g/mol. The van der Waals surface area contributed by atoms with Crippen LogP contribution in [0.2, 0.25) is 0 Å². The lowest BCUT2D eigenvalue weighted by molar-refractivity contribution is -0.153. The predicted molar refractivity (Wildman–Crippen MR) is 53.6 cm³/mol. The van der Waals surface area contributed by atoms with E-state index < -0.39 is 23.9 Å². The van der Waals surface area contributed by atoms with Gasteiger partial charge in [0, 0.05) is 13.5 Å². The third kappa shape index (κ3) is 2.50. The lowest BCUT2D eigenvalue weighted by atomic mass is 9.87. The summed E-state index contributed by atoms with van der Waals surface area (Å²) in [6.45, 7) is 0. The molecule has 0 aliphatic carbocycles. The number of hydrogen-bond donors (Lipinski definition) is 1. The second-order valence-corrected chi connectivity index (χ2v) is 3.84. The van der Waals surface area contributed by atoms with Gasteiger partial charge in [0.15, 0.2) is 0 Å². The Morgan fingerprint density at radius 1 is 1.56 bits per heavy atom. The molecule has 1 N–H and O–H groups in total. The number of aliphatic carboxylic acids is 1. The largest absolute Gasteiger partial charge is 0.481 e. The second-order valence-electron chi connectivity index (χ2n) is 3.84. The fraction of sp³-hybridized carbons (Fsp3) is 0.700. The number of carboxylic acid groups (broad SMARTS) is 1. The Balaban J connectivity index is 2.81. The van der Waals surface area contributed by atoms with Crippen LogP contribution >= 0.6 is 0 Å². The van der Waals surface area contributed by atoms with Crippen molar-refractivity contribution in [2.24, 2.45) is 5.92 Å². The summed E-state index contributed by atoms with van der Waals surface area (Å²) < 4.78 is 4.49. The van der Waals surface area contributed by atoms with E-state index in [1.54, 1.807) is 0 Å². The minimum absolute atomic E-state index is 0.0737. The summed E-state index contributed by atoms with van der Waals surface area (Å²) in [7, 11) is 2.76. The van der Waals surface area contributed by atoms with Crippen molar-refractivity contribution in [1.82, 2.24) is 4.90 Å². The molecule has 1 fully saturated rings. The molecule has 1 rings (SSSR count). The number of carboxylic acids is 1. The zero-order valence-corrected chi connectivity index (χ0v) is 9.30. The molecule has 0 spiro atoms. The first-order chi connectivity index (χ1) is 7.47. The predicted octanol–water partition coefficient (Wildman–Crippen LogP) is -0.129. The Morgan fingerprint density at radius 3 is 2.69 bits per heavy atom. The maximum Gasteiger partial charge on any atom is 0.308 e. The molecular formula is C10H15NO5. The van der Waals surface area contributed by atoms with Crippen LogP contribution in [0.1, 0.15) is 19.3 Å². The standard InChI is InChI=1S/C10H15NO5/c1-11-7(5-9(13)16-2)6(10(14)15)3-4-8(11)12/h6-7H,3-5H2,1-2H3,(H,14,15)/t6-,7+/m0/s1. The van der Waals surface area contributed by atoms with Gasteiger partial charge in [0.25, 0.3) is 0 Å². The first-order valence-corrected chi connectivity index (χ1v) is 5.02. The summed E-state index contributed by atoms with van der Waals surface area (Å²) >= 11 is 0. The van der Waals surface area contributed by atoms with Crippen LogP contribution < -0.4 is 0 Å². The average Bonchev–Trinajstić information content (AvgIpc) is 2.24. The van der Waals surface area contributed by atoms with Crippen LogP contribution in [0, 0.1) is 5.92 Å². The van der Waals surface area contributed by atoms with Crippen molar-refractivity contribution < 1.29 is 24.2 Å². The van der Waals surface area contributed by atoms with Crippen LogP contribution in [0.25, 0.3) is 0 Å². The Labute approximate surface area is 93.2 Å². The number of ether oxygens (including phenoxy) is 1. The first kappa shape index (κ1) is 12.5. The smallest absolute Gasteiger partial charge is 0.308 e. The van der Waals surface area contributed by atoms with Gasteiger partial charge in [0.1, 0.15) is 0 Å². The number of likely N-dealkylation sites (tertiary alicyclic amines) is 1. The van der Waals surface area contributed by atoms with Crippen molar-refractivity contribution in [3.8, 4) is 0 Å². The molecule has 0 aromatic carbocycles. The van der Waals surface area contributed by atoms with E-state index in [4.69, 9.17) is 5.11 Å². The lowest BCUT2D eigenvalue weighted by Gasteiger charge is -2.36. The third-order valence-corrected chi connectivity index (χ3v) is 2.95. The quantitative estimate of drug-likeness (QED) is 0.681. The van der Waals surface area contributed by atoms with Gasteiger partial charge in [-0.3, -0.25) is 14.4 Å². The summed E-state index contributed by atoms with van der Waals surface area (Å²) in [4.78, 5) is 34.9. The molecule has 1 heterocycles. The zero-order chi connectivity index (χ0) is 12.3. The molecule has 90 valence electrons. The molecule has 2 atom stereocenters. The average molecular weight is 229 g/mol. The van der Waals surface area contributed by atoms with Crippen molar-refractivity contribution >= 4 is 17.8 Å². The zero-order valence-electron chi connectivity index (χ0n) is 9.30. The highest BCUT2D eigenvalue weighted by molar-refractivity contribution is 5.82. The number of esters is 1. The number of carbonyl (C=O) groups excluding carboxylic acids is 2. The topological polar surface area (TPSA) is 83.9 Å². The molecule has 0 saturated carbocycles. The Morgan fingerprint density at radius 2 is 2.19 bits per heavy atom. The first-order valence-electron chi connectivity index (χ1n) is 5.02. The third-order valence-electron chi connectivity index (χ3n) is 2.95. The van der Waals surface area contributed by atoms with Crippen molar-refractivity contribution in [3.05, 3.63) is 0 Å². The SMILES string of the molecule is COC(=O)C[C@@H]1[C@@H](C(=O)O)CCC(=O)N1C.